The lowest BCUT2D eigenvalue weighted by Crippen LogP contribution is -2.50. The van der Waals surface area contributed by atoms with E-state index in [1.54, 1.807) is 12.5 Å². The van der Waals surface area contributed by atoms with Crippen molar-refractivity contribution in [3.8, 4) is 0 Å². The molecule has 0 aliphatic heterocycles. The molecule has 4 aliphatic carbocycles. The Morgan fingerprint density at radius 3 is 2.48 bits per heavy atom. The summed E-state index contributed by atoms with van der Waals surface area (Å²) in [6, 6.07) is 8.70. The van der Waals surface area contributed by atoms with E-state index in [-0.39, 0.29) is 29.5 Å². The number of aliphatic hydroxyl groups is 1. The summed E-state index contributed by atoms with van der Waals surface area (Å²) < 4.78 is 0. The predicted molar refractivity (Wildman–Crippen MR) is 131 cm³/mol. The van der Waals surface area contributed by atoms with Gasteiger partial charge in [0, 0.05) is 32.1 Å². The maximum atomic E-state index is 12.8. The van der Waals surface area contributed by atoms with Gasteiger partial charge in [-0.15, -0.1) is 0 Å². The highest BCUT2D eigenvalue weighted by Crippen LogP contribution is 2.67. The number of carbonyl (C=O) groups excluding carboxylic acids is 2. The molecule has 0 aromatic heterocycles. The quantitative estimate of drug-likeness (QED) is 0.688. The standard InChI is InChI=1S/C29H37NO3/c1-18(32)29(17-31)14-12-26-23-10-7-20-15-22(33)16-25(19-5-8-21(9-6-19)30(3)4)27(20)24(23)11-13-28(26,29)2/h5-6,8-9,15,23,25-26,31H,7,10-14,16-17H2,1-4H3/t23-,25+,26+,28+,29+/m1/s1. The van der Waals surface area contributed by atoms with E-state index < -0.39 is 5.41 Å². The van der Waals surface area contributed by atoms with Gasteiger partial charge in [-0.25, -0.2) is 0 Å². The summed E-state index contributed by atoms with van der Waals surface area (Å²) in [6.45, 7) is 3.92. The summed E-state index contributed by atoms with van der Waals surface area (Å²) in [4.78, 5) is 27.6. The third kappa shape index (κ3) is 3.20. The molecule has 0 unspecified atom stereocenters. The molecule has 0 amide bonds. The monoisotopic (exact) mass is 447 g/mol. The molecule has 0 bridgehead atoms. The van der Waals surface area contributed by atoms with Crippen molar-refractivity contribution in [3.63, 3.8) is 0 Å². The number of nitrogens with zero attached hydrogens (tertiary/aromatic N) is 1. The zero-order valence-electron chi connectivity index (χ0n) is 20.5. The highest BCUT2D eigenvalue weighted by atomic mass is 16.3. The molecular weight excluding hydrogens is 410 g/mol. The van der Waals surface area contributed by atoms with E-state index in [4.69, 9.17) is 0 Å². The molecule has 1 aromatic carbocycles. The van der Waals surface area contributed by atoms with Crippen LogP contribution in [-0.2, 0) is 9.59 Å². The number of hydrogen-bond donors (Lipinski definition) is 1. The summed E-state index contributed by atoms with van der Waals surface area (Å²) in [6.07, 6.45) is 8.20. The SMILES string of the molecule is CC(=O)[C@@]1(CO)CC[C@H]2[C@@H]3CCC4=CC(=O)C[C@@H](c5ccc(N(C)C)cc5)C4=C3CC[C@@]21C. The Hall–Kier alpha value is -2.20. The van der Waals surface area contributed by atoms with Crippen molar-refractivity contribution < 1.29 is 14.7 Å². The molecule has 33 heavy (non-hydrogen) atoms. The molecule has 4 heteroatoms. The summed E-state index contributed by atoms with van der Waals surface area (Å²) >= 11 is 0. The zero-order valence-corrected chi connectivity index (χ0v) is 20.5. The third-order valence-corrected chi connectivity index (χ3v) is 9.90. The van der Waals surface area contributed by atoms with E-state index in [1.807, 2.05) is 20.2 Å². The largest absolute Gasteiger partial charge is 0.395 e. The first kappa shape index (κ1) is 22.6. The average Bonchev–Trinajstić information content (AvgIpc) is 3.11. The van der Waals surface area contributed by atoms with Crippen LogP contribution in [-0.4, -0.2) is 37.4 Å². The molecule has 2 fully saturated rings. The molecule has 0 spiro atoms. The smallest absolute Gasteiger partial charge is 0.156 e. The number of benzene rings is 1. The third-order valence-electron chi connectivity index (χ3n) is 9.90. The Balaban J connectivity index is 1.57. The lowest BCUT2D eigenvalue weighted by molar-refractivity contribution is -0.140. The van der Waals surface area contributed by atoms with E-state index in [0.717, 1.165) is 38.5 Å². The van der Waals surface area contributed by atoms with Crippen LogP contribution in [0.15, 0.2) is 47.1 Å². The Bertz CT molecular complexity index is 1050. The molecule has 4 aliphatic rings. The molecule has 4 nitrogen and oxygen atoms in total. The van der Waals surface area contributed by atoms with Gasteiger partial charge in [0.1, 0.15) is 5.78 Å². The molecule has 0 heterocycles. The van der Waals surface area contributed by atoms with Crippen molar-refractivity contribution in [1.29, 1.82) is 0 Å². The number of aliphatic hydroxyl groups excluding tert-OH is 1. The first-order chi connectivity index (χ1) is 15.7. The van der Waals surface area contributed by atoms with E-state index in [1.165, 1.54) is 22.4 Å². The minimum atomic E-state index is -0.589. The van der Waals surface area contributed by atoms with Gasteiger partial charge in [-0.1, -0.05) is 24.6 Å². The Kier molecular flexibility index (Phi) is 5.43. The number of Topliss-reactive ketones (excluding diaryl/α,β-unsaturated/α-hetero) is 1. The number of anilines is 1. The number of allylic oxidation sites excluding steroid dienone is 4. The average molecular weight is 448 g/mol. The number of rotatable bonds is 4. The molecule has 0 radical (unpaired) electrons. The van der Waals surface area contributed by atoms with Crippen LogP contribution in [0.1, 0.15) is 70.3 Å². The molecule has 1 N–H and O–H groups in total. The van der Waals surface area contributed by atoms with Gasteiger partial charge in [0.25, 0.3) is 0 Å². The molecule has 1 aromatic rings. The van der Waals surface area contributed by atoms with Crippen molar-refractivity contribution in [2.45, 2.75) is 64.7 Å². The highest BCUT2D eigenvalue weighted by molar-refractivity contribution is 5.94. The fraction of sp³-hybridized carbons (Fsp3) is 0.586. The van der Waals surface area contributed by atoms with Crippen LogP contribution in [0, 0.1) is 22.7 Å². The van der Waals surface area contributed by atoms with Crippen LogP contribution in [0.5, 0.6) is 0 Å². The van der Waals surface area contributed by atoms with Gasteiger partial charge in [0.2, 0.25) is 0 Å². The van der Waals surface area contributed by atoms with Gasteiger partial charge in [0.05, 0.1) is 12.0 Å². The second-order valence-corrected chi connectivity index (χ2v) is 11.3. The number of fused-ring (bicyclic) bond motifs is 4. The first-order valence-electron chi connectivity index (χ1n) is 12.6. The lowest BCUT2D eigenvalue weighted by atomic mass is 9.51. The second-order valence-electron chi connectivity index (χ2n) is 11.3. The van der Waals surface area contributed by atoms with Crippen LogP contribution in [0.3, 0.4) is 0 Å². The minimum Gasteiger partial charge on any atom is -0.395 e. The number of ketones is 2. The van der Waals surface area contributed by atoms with Crippen LogP contribution >= 0.6 is 0 Å². The van der Waals surface area contributed by atoms with Crippen molar-refractivity contribution in [2.75, 3.05) is 25.6 Å². The van der Waals surface area contributed by atoms with Crippen LogP contribution in [0.25, 0.3) is 0 Å². The summed E-state index contributed by atoms with van der Waals surface area (Å²) in [7, 11) is 4.09. The minimum absolute atomic E-state index is 0.0333. The maximum absolute atomic E-state index is 12.8. The van der Waals surface area contributed by atoms with E-state index in [0.29, 0.717) is 18.3 Å². The van der Waals surface area contributed by atoms with E-state index in [2.05, 4.69) is 36.1 Å². The summed E-state index contributed by atoms with van der Waals surface area (Å²) in [5, 5.41) is 10.4. The fourth-order valence-electron chi connectivity index (χ4n) is 8.01. The molecular formula is C29H37NO3. The van der Waals surface area contributed by atoms with Gasteiger partial charge >= 0.3 is 0 Å². The van der Waals surface area contributed by atoms with Crippen molar-refractivity contribution >= 4 is 17.3 Å². The molecule has 2 saturated carbocycles. The summed E-state index contributed by atoms with van der Waals surface area (Å²) in [5.74, 6) is 1.42. The van der Waals surface area contributed by atoms with Gasteiger partial charge < -0.3 is 10.0 Å². The van der Waals surface area contributed by atoms with Gasteiger partial charge in [0.15, 0.2) is 5.78 Å². The Morgan fingerprint density at radius 1 is 1.12 bits per heavy atom. The molecule has 176 valence electrons. The second kappa shape index (κ2) is 7.94. The van der Waals surface area contributed by atoms with Crippen LogP contribution in [0.4, 0.5) is 5.69 Å². The molecule has 5 rings (SSSR count). The van der Waals surface area contributed by atoms with Gasteiger partial charge in [-0.2, -0.15) is 0 Å². The lowest BCUT2D eigenvalue weighted by Gasteiger charge is -2.53. The Labute approximate surface area is 197 Å². The van der Waals surface area contributed by atoms with Gasteiger partial charge in [-0.3, -0.25) is 9.59 Å². The normalized spacial score (nSPS) is 35.5. The van der Waals surface area contributed by atoms with Crippen molar-refractivity contribution in [3.05, 3.63) is 52.6 Å². The highest BCUT2D eigenvalue weighted by Gasteiger charge is 2.63. The molecule has 0 saturated heterocycles. The zero-order chi connectivity index (χ0) is 23.5. The number of carbonyl (C=O) groups is 2. The predicted octanol–water partition coefficient (Wildman–Crippen LogP) is 5.22. The number of hydrogen-bond acceptors (Lipinski definition) is 4. The van der Waals surface area contributed by atoms with E-state index >= 15 is 0 Å². The van der Waals surface area contributed by atoms with Crippen molar-refractivity contribution in [1.82, 2.24) is 0 Å². The van der Waals surface area contributed by atoms with E-state index in [9.17, 15) is 14.7 Å². The van der Waals surface area contributed by atoms with Crippen molar-refractivity contribution in [2.24, 2.45) is 22.7 Å². The topological polar surface area (TPSA) is 57.6 Å². The fourth-order valence-corrected chi connectivity index (χ4v) is 8.01. The summed E-state index contributed by atoms with van der Waals surface area (Å²) in [5.41, 5.74) is 5.89. The first-order valence-corrected chi connectivity index (χ1v) is 12.6. The van der Waals surface area contributed by atoms with Crippen LogP contribution in [0.2, 0.25) is 0 Å². The van der Waals surface area contributed by atoms with Gasteiger partial charge in [-0.05, 0) is 97.6 Å². The maximum Gasteiger partial charge on any atom is 0.156 e. The molecule has 5 atom stereocenters. The Morgan fingerprint density at radius 2 is 1.85 bits per heavy atom. The van der Waals surface area contributed by atoms with Crippen LogP contribution < -0.4 is 4.90 Å².